The van der Waals surface area contributed by atoms with E-state index in [1.54, 1.807) is 24.3 Å². The standard InChI is InChI=1S/C25H35N3O5S/c1-5-7-16-26-25(30)23(6-2)27(18-20-12-9-8-10-13-20)24(29)19-28(34(4,31)32)21-14-11-15-22(17-21)33-3/h8-15,17,23H,5-7,16,18-19H2,1-4H3,(H,26,30). The number of carbonyl (C=O) groups excluding carboxylic acids is 2. The van der Waals surface area contributed by atoms with Crippen LogP contribution in [0.15, 0.2) is 54.6 Å². The zero-order chi connectivity index (χ0) is 25.1. The highest BCUT2D eigenvalue weighted by atomic mass is 32.2. The van der Waals surface area contributed by atoms with Gasteiger partial charge in [-0.25, -0.2) is 8.42 Å². The topological polar surface area (TPSA) is 96.0 Å². The van der Waals surface area contributed by atoms with Crippen LogP contribution in [0.3, 0.4) is 0 Å². The highest BCUT2D eigenvalue weighted by Crippen LogP contribution is 2.24. The molecule has 2 amide bonds. The average Bonchev–Trinajstić information content (AvgIpc) is 2.82. The Kier molecular flexibility index (Phi) is 10.4. The summed E-state index contributed by atoms with van der Waals surface area (Å²) in [5.41, 5.74) is 1.17. The van der Waals surface area contributed by atoms with Crippen LogP contribution >= 0.6 is 0 Å². The fourth-order valence-corrected chi connectivity index (χ4v) is 4.43. The van der Waals surface area contributed by atoms with Gasteiger partial charge in [-0.15, -0.1) is 0 Å². The molecule has 1 unspecified atom stereocenters. The van der Waals surface area contributed by atoms with Crippen LogP contribution in [-0.2, 0) is 26.2 Å². The van der Waals surface area contributed by atoms with Crippen LogP contribution in [-0.4, -0.2) is 57.6 Å². The van der Waals surface area contributed by atoms with Gasteiger partial charge >= 0.3 is 0 Å². The van der Waals surface area contributed by atoms with E-state index < -0.39 is 28.5 Å². The molecule has 2 aromatic carbocycles. The fraction of sp³-hybridized carbons (Fsp3) is 0.440. The number of hydrogen-bond acceptors (Lipinski definition) is 5. The number of anilines is 1. The van der Waals surface area contributed by atoms with Crippen LogP contribution in [0.1, 0.15) is 38.7 Å². The molecule has 0 bridgehead atoms. The molecule has 0 spiro atoms. The first-order valence-electron chi connectivity index (χ1n) is 11.4. The molecule has 0 aromatic heterocycles. The van der Waals surface area contributed by atoms with E-state index in [2.05, 4.69) is 5.32 Å². The van der Waals surface area contributed by atoms with Crippen molar-refractivity contribution in [2.24, 2.45) is 0 Å². The Labute approximate surface area is 202 Å². The summed E-state index contributed by atoms with van der Waals surface area (Å²) in [6.07, 6.45) is 3.23. The maximum absolute atomic E-state index is 13.6. The van der Waals surface area contributed by atoms with E-state index in [9.17, 15) is 18.0 Å². The second-order valence-corrected chi connectivity index (χ2v) is 9.95. The SMILES string of the molecule is CCCCNC(=O)C(CC)N(Cc1ccccc1)C(=O)CN(c1cccc(OC)c1)S(C)(=O)=O. The molecule has 0 saturated carbocycles. The molecule has 0 fully saturated rings. The fourth-order valence-electron chi connectivity index (χ4n) is 3.59. The summed E-state index contributed by atoms with van der Waals surface area (Å²) in [7, 11) is -2.30. The molecule has 34 heavy (non-hydrogen) atoms. The van der Waals surface area contributed by atoms with E-state index in [1.165, 1.54) is 12.0 Å². The van der Waals surface area contributed by atoms with Crippen molar-refractivity contribution in [3.8, 4) is 5.75 Å². The van der Waals surface area contributed by atoms with Crippen molar-refractivity contribution >= 4 is 27.5 Å². The normalized spacial score (nSPS) is 12.0. The Balaban J connectivity index is 2.38. The number of benzene rings is 2. The van der Waals surface area contributed by atoms with Gasteiger partial charge in [0.2, 0.25) is 21.8 Å². The summed E-state index contributed by atoms with van der Waals surface area (Å²) >= 11 is 0. The monoisotopic (exact) mass is 489 g/mol. The minimum atomic E-state index is -3.78. The molecule has 0 radical (unpaired) electrons. The molecule has 1 N–H and O–H groups in total. The zero-order valence-corrected chi connectivity index (χ0v) is 21.2. The van der Waals surface area contributed by atoms with Gasteiger partial charge in [-0.3, -0.25) is 13.9 Å². The van der Waals surface area contributed by atoms with Crippen molar-refractivity contribution in [3.05, 3.63) is 60.2 Å². The first-order chi connectivity index (χ1) is 16.2. The first kappa shape index (κ1) is 27.2. The number of hydrogen-bond donors (Lipinski definition) is 1. The summed E-state index contributed by atoms with van der Waals surface area (Å²) in [6.45, 7) is 4.16. The third kappa shape index (κ3) is 7.76. The lowest BCUT2D eigenvalue weighted by molar-refractivity contribution is -0.140. The molecule has 0 aliphatic heterocycles. The molecule has 0 saturated heterocycles. The van der Waals surface area contributed by atoms with Crippen LogP contribution in [0.5, 0.6) is 5.75 Å². The minimum Gasteiger partial charge on any atom is -0.497 e. The van der Waals surface area contributed by atoms with Crippen molar-refractivity contribution in [1.82, 2.24) is 10.2 Å². The van der Waals surface area contributed by atoms with Crippen molar-refractivity contribution in [2.75, 3.05) is 30.8 Å². The van der Waals surface area contributed by atoms with E-state index in [0.717, 1.165) is 29.0 Å². The number of methoxy groups -OCH3 is 1. The zero-order valence-electron chi connectivity index (χ0n) is 20.4. The molecule has 0 aliphatic carbocycles. The van der Waals surface area contributed by atoms with Crippen LogP contribution in [0.2, 0.25) is 0 Å². The van der Waals surface area contributed by atoms with Crippen LogP contribution in [0, 0.1) is 0 Å². The van der Waals surface area contributed by atoms with E-state index in [1.807, 2.05) is 44.2 Å². The number of nitrogens with one attached hydrogen (secondary N) is 1. The second-order valence-electron chi connectivity index (χ2n) is 8.05. The lowest BCUT2D eigenvalue weighted by Gasteiger charge is -2.33. The lowest BCUT2D eigenvalue weighted by Crippen LogP contribution is -2.52. The van der Waals surface area contributed by atoms with Crippen molar-refractivity contribution in [1.29, 1.82) is 0 Å². The number of rotatable bonds is 13. The van der Waals surface area contributed by atoms with E-state index >= 15 is 0 Å². The second kappa shape index (κ2) is 13.0. The minimum absolute atomic E-state index is 0.190. The third-order valence-electron chi connectivity index (χ3n) is 5.43. The Hall–Kier alpha value is -3.07. The number of carbonyl (C=O) groups is 2. The van der Waals surface area contributed by atoms with Gasteiger partial charge in [0.05, 0.1) is 19.1 Å². The predicted molar refractivity (Wildman–Crippen MR) is 134 cm³/mol. The summed E-state index contributed by atoms with van der Waals surface area (Å²) in [5.74, 6) is -0.233. The van der Waals surface area contributed by atoms with Crippen LogP contribution in [0.25, 0.3) is 0 Å². The Morgan fingerprint density at radius 1 is 1.06 bits per heavy atom. The Morgan fingerprint density at radius 2 is 1.76 bits per heavy atom. The van der Waals surface area contributed by atoms with Gasteiger partial charge in [0, 0.05) is 19.2 Å². The van der Waals surface area contributed by atoms with Gasteiger partial charge in [-0.05, 0) is 30.5 Å². The van der Waals surface area contributed by atoms with Crippen LogP contribution in [0.4, 0.5) is 5.69 Å². The summed E-state index contributed by atoms with van der Waals surface area (Å²) in [4.78, 5) is 28.0. The van der Waals surface area contributed by atoms with Gasteiger partial charge in [0.25, 0.3) is 0 Å². The highest BCUT2D eigenvalue weighted by Gasteiger charge is 2.31. The molecule has 2 aromatic rings. The molecule has 2 rings (SSSR count). The molecule has 0 heterocycles. The van der Waals surface area contributed by atoms with Gasteiger partial charge < -0.3 is 15.0 Å². The van der Waals surface area contributed by atoms with E-state index in [-0.39, 0.29) is 12.5 Å². The molecule has 186 valence electrons. The van der Waals surface area contributed by atoms with Crippen molar-refractivity contribution in [3.63, 3.8) is 0 Å². The van der Waals surface area contributed by atoms with Gasteiger partial charge in [-0.1, -0.05) is 56.7 Å². The maximum atomic E-state index is 13.6. The highest BCUT2D eigenvalue weighted by molar-refractivity contribution is 7.92. The third-order valence-corrected chi connectivity index (χ3v) is 6.57. The predicted octanol–water partition coefficient (Wildman–Crippen LogP) is 3.18. The summed E-state index contributed by atoms with van der Waals surface area (Å²) in [6, 6.07) is 15.1. The lowest BCUT2D eigenvalue weighted by atomic mass is 10.1. The van der Waals surface area contributed by atoms with Gasteiger partial charge in [-0.2, -0.15) is 0 Å². The Morgan fingerprint density at radius 3 is 2.35 bits per heavy atom. The number of unbranched alkanes of at least 4 members (excludes halogenated alkanes) is 1. The van der Waals surface area contributed by atoms with Gasteiger partial charge in [0.1, 0.15) is 18.3 Å². The number of nitrogens with zero attached hydrogens (tertiary/aromatic N) is 2. The maximum Gasteiger partial charge on any atom is 0.244 e. The molecule has 8 nitrogen and oxygen atoms in total. The van der Waals surface area contributed by atoms with Crippen molar-refractivity contribution in [2.45, 2.75) is 45.7 Å². The molecule has 9 heteroatoms. The molecule has 1 atom stereocenters. The number of amides is 2. The number of sulfonamides is 1. The smallest absolute Gasteiger partial charge is 0.244 e. The van der Waals surface area contributed by atoms with Crippen molar-refractivity contribution < 1.29 is 22.7 Å². The summed E-state index contributed by atoms with van der Waals surface area (Å²) in [5, 5.41) is 2.90. The van der Waals surface area contributed by atoms with E-state index in [0.29, 0.717) is 24.4 Å². The molecular weight excluding hydrogens is 454 g/mol. The van der Waals surface area contributed by atoms with Gasteiger partial charge in [0.15, 0.2) is 0 Å². The number of ether oxygens (including phenoxy) is 1. The Bertz CT molecular complexity index is 1040. The summed E-state index contributed by atoms with van der Waals surface area (Å²) < 4.78 is 31.5. The molecular formula is C25H35N3O5S. The first-order valence-corrected chi connectivity index (χ1v) is 13.3. The van der Waals surface area contributed by atoms with Crippen LogP contribution < -0.4 is 14.4 Å². The quantitative estimate of drug-likeness (QED) is 0.436. The average molecular weight is 490 g/mol. The van der Waals surface area contributed by atoms with E-state index in [4.69, 9.17) is 4.74 Å². The molecule has 0 aliphatic rings. The largest absolute Gasteiger partial charge is 0.497 e.